The van der Waals surface area contributed by atoms with Gasteiger partial charge < -0.3 is 15.1 Å². The van der Waals surface area contributed by atoms with Crippen molar-refractivity contribution in [3.63, 3.8) is 0 Å². The lowest BCUT2D eigenvalue weighted by Gasteiger charge is -2.31. The van der Waals surface area contributed by atoms with Gasteiger partial charge in [-0.05, 0) is 30.8 Å². The molecule has 1 fully saturated rings. The van der Waals surface area contributed by atoms with Gasteiger partial charge in [-0.25, -0.2) is 0 Å². The van der Waals surface area contributed by atoms with Gasteiger partial charge in [-0.1, -0.05) is 12.1 Å². The molecule has 2 amide bonds. The van der Waals surface area contributed by atoms with Crippen LogP contribution in [0.3, 0.4) is 0 Å². The Labute approximate surface area is 125 Å². The molecular formula is C16H21N3O2. The summed E-state index contributed by atoms with van der Waals surface area (Å²) in [6.45, 7) is 3.38. The number of nitrogens with one attached hydrogen (secondary N) is 1. The predicted molar refractivity (Wildman–Crippen MR) is 82.9 cm³/mol. The molecule has 0 aliphatic carbocycles. The van der Waals surface area contributed by atoms with Gasteiger partial charge in [0.1, 0.15) is 0 Å². The molecule has 0 spiro atoms. The van der Waals surface area contributed by atoms with Crippen molar-refractivity contribution in [3.8, 4) is 0 Å². The van der Waals surface area contributed by atoms with Crippen molar-refractivity contribution >= 4 is 17.9 Å². The number of carbonyl (C=O) groups is 2. The molecule has 1 aliphatic heterocycles. The average molecular weight is 287 g/mol. The summed E-state index contributed by atoms with van der Waals surface area (Å²) >= 11 is 0. The standard InChI is InChI=1S/C16H21N3O2/c1-17-16(21)14-6-3-13(4-7-14)5-8-15(20)19-11-9-18(2)10-12-19/h3-8H,9-12H2,1-2H3,(H,17,21)/b8-5+. The first-order valence-corrected chi connectivity index (χ1v) is 7.08. The van der Waals surface area contributed by atoms with Gasteiger partial charge in [0, 0.05) is 44.9 Å². The highest BCUT2D eigenvalue weighted by molar-refractivity contribution is 5.94. The molecule has 0 unspecified atom stereocenters. The number of benzene rings is 1. The Morgan fingerprint density at radius 3 is 2.29 bits per heavy atom. The average Bonchev–Trinajstić information content (AvgIpc) is 2.53. The zero-order valence-electron chi connectivity index (χ0n) is 12.5. The van der Waals surface area contributed by atoms with Crippen LogP contribution in [-0.2, 0) is 4.79 Å². The highest BCUT2D eigenvalue weighted by Gasteiger charge is 2.16. The Kier molecular flexibility index (Phi) is 5.11. The minimum atomic E-state index is -0.112. The van der Waals surface area contributed by atoms with E-state index in [4.69, 9.17) is 0 Å². The lowest BCUT2D eigenvalue weighted by molar-refractivity contribution is -0.127. The van der Waals surface area contributed by atoms with E-state index in [1.807, 2.05) is 17.0 Å². The topological polar surface area (TPSA) is 52.7 Å². The van der Waals surface area contributed by atoms with Crippen LogP contribution in [0.15, 0.2) is 30.3 Å². The number of piperazine rings is 1. The molecule has 1 aromatic rings. The highest BCUT2D eigenvalue weighted by atomic mass is 16.2. The van der Waals surface area contributed by atoms with Gasteiger partial charge in [0.05, 0.1) is 0 Å². The van der Waals surface area contributed by atoms with Crippen LogP contribution in [0.25, 0.3) is 6.08 Å². The maximum atomic E-state index is 12.1. The van der Waals surface area contributed by atoms with Gasteiger partial charge in [0.25, 0.3) is 5.91 Å². The summed E-state index contributed by atoms with van der Waals surface area (Å²) in [5, 5.41) is 2.58. The van der Waals surface area contributed by atoms with E-state index < -0.39 is 0 Å². The fourth-order valence-corrected chi connectivity index (χ4v) is 2.19. The Hall–Kier alpha value is -2.14. The zero-order valence-corrected chi connectivity index (χ0v) is 12.5. The highest BCUT2D eigenvalue weighted by Crippen LogP contribution is 2.07. The number of carbonyl (C=O) groups excluding carboxylic acids is 2. The van der Waals surface area contributed by atoms with Crippen molar-refractivity contribution in [3.05, 3.63) is 41.5 Å². The molecule has 1 heterocycles. The molecular weight excluding hydrogens is 266 g/mol. The number of hydrogen-bond donors (Lipinski definition) is 1. The van der Waals surface area contributed by atoms with Crippen LogP contribution in [0.2, 0.25) is 0 Å². The molecule has 0 bridgehead atoms. The number of hydrogen-bond acceptors (Lipinski definition) is 3. The van der Waals surface area contributed by atoms with Gasteiger partial charge in [-0.2, -0.15) is 0 Å². The molecule has 2 rings (SSSR count). The SMILES string of the molecule is CNC(=O)c1ccc(/C=C/C(=O)N2CCN(C)CC2)cc1. The molecule has 1 N–H and O–H groups in total. The Morgan fingerprint density at radius 2 is 1.71 bits per heavy atom. The Morgan fingerprint density at radius 1 is 1.10 bits per heavy atom. The summed E-state index contributed by atoms with van der Waals surface area (Å²) in [4.78, 5) is 27.6. The van der Waals surface area contributed by atoms with Crippen molar-refractivity contribution in [2.75, 3.05) is 40.3 Å². The van der Waals surface area contributed by atoms with E-state index in [1.165, 1.54) is 0 Å². The second kappa shape index (κ2) is 7.04. The van der Waals surface area contributed by atoms with Crippen LogP contribution in [0.1, 0.15) is 15.9 Å². The van der Waals surface area contributed by atoms with Crippen molar-refractivity contribution in [2.45, 2.75) is 0 Å². The summed E-state index contributed by atoms with van der Waals surface area (Å²) < 4.78 is 0. The van der Waals surface area contributed by atoms with E-state index in [0.29, 0.717) is 5.56 Å². The molecule has 5 nitrogen and oxygen atoms in total. The Bertz CT molecular complexity index is 529. The summed E-state index contributed by atoms with van der Waals surface area (Å²) in [5.74, 6) is -0.0717. The molecule has 0 aromatic heterocycles. The monoisotopic (exact) mass is 287 g/mol. The molecule has 0 saturated carbocycles. The molecule has 1 aliphatic rings. The van der Waals surface area contributed by atoms with E-state index in [0.717, 1.165) is 31.7 Å². The molecule has 1 saturated heterocycles. The summed E-state index contributed by atoms with van der Waals surface area (Å²) in [6.07, 6.45) is 3.38. The number of amides is 2. The smallest absolute Gasteiger partial charge is 0.251 e. The van der Waals surface area contributed by atoms with Crippen LogP contribution in [0.5, 0.6) is 0 Å². The van der Waals surface area contributed by atoms with Crippen molar-refractivity contribution in [1.29, 1.82) is 0 Å². The van der Waals surface area contributed by atoms with E-state index in [1.54, 1.807) is 31.3 Å². The summed E-state index contributed by atoms with van der Waals surface area (Å²) in [7, 11) is 3.66. The van der Waals surface area contributed by atoms with Gasteiger partial charge in [-0.15, -0.1) is 0 Å². The predicted octanol–water partition coefficient (Wildman–Crippen LogP) is 0.833. The van der Waals surface area contributed by atoms with E-state index in [9.17, 15) is 9.59 Å². The normalized spacial score (nSPS) is 16.2. The zero-order chi connectivity index (χ0) is 15.2. The third-order valence-electron chi connectivity index (χ3n) is 3.63. The second-order valence-corrected chi connectivity index (χ2v) is 5.16. The van der Waals surface area contributed by atoms with Crippen LogP contribution in [0.4, 0.5) is 0 Å². The number of nitrogens with zero attached hydrogens (tertiary/aromatic N) is 2. The van der Waals surface area contributed by atoms with Crippen LogP contribution in [-0.4, -0.2) is 61.9 Å². The van der Waals surface area contributed by atoms with Crippen molar-refractivity contribution in [1.82, 2.24) is 15.1 Å². The summed E-state index contributed by atoms with van der Waals surface area (Å²) in [6, 6.07) is 7.16. The number of likely N-dealkylation sites (N-methyl/N-ethyl adjacent to an activating group) is 1. The molecule has 112 valence electrons. The molecule has 1 aromatic carbocycles. The maximum Gasteiger partial charge on any atom is 0.251 e. The van der Waals surface area contributed by atoms with Crippen molar-refractivity contribution in [2.24, 2.45) is 0 Å². The molecule has 21 heavy (non-hydrogen) atoms. The first-order valence-electron chi connectivity index (χ1n) is 7.08. The van der Waals surface area contributed by atoms with E-state index in [-0.39, 0.29) is 11.8 Å². The van der Waals surface area contributed by atoms with E-state index >= 15 is 0 Å². The second-order valence-electron chi connectivity index (χ2n) is 5.16. The lowest BCUT2D eigenvalue weighted by atomic mass is 10.1. The summed E-state index contributed by atoms with van der Waals surface area (Å²) in [5.41, 5.74) is 1.52. The van der Waals surface area contributed by atoms with Crippen LogP contribution < -0.4 is 5.32 Å². The molecule has 0 atom stereocenters. The minimum absolute atomic E-state index is 0.0403. The van der Waals surface area contributed by atoms with E-state index in [2.05, 4.69) is 17.3 Å². The van der Waals surface area contributed by atoms with Crippen LogP contribution >= 0.6 is 0 Å². The number of rotatable bonds is 3. The fraction of sp³-hybridized carbons (Fsp3) is 0.375. The van der Waals surface area contributed by atoms with Gasteiger partial charge >= 0.3 is 0 Å². The molecule has 0 radical (unpaired) electrons. The minimum Gasteiger partial charge on any atom is -0.355 e. The first kappa shape index (κ1) is 15.3. The quantitative estimate of drug-likeness (QED) is 0.838. The Balaban J connectivity index is 1.94. The van der Waals surface area contributed by atoms with Crippen LogP contribution in [0, 0.1) is 0 Å². The molecule has 5 heteroatoms. The van der Waals surface area contributed by atoms with Crippen molar-refractivity contribution < 1.29 is 9.59 Å². The van der Waals surface area contributed by atoms with Gasteiger partial charge in [0.15, 0.2) is 0 Å². The third-order valence-corrected chi connectivity index (χ3v) is 3.63. The van der Waals surface area contributed by atoms with Gasteiger partial charge in [-0.3, -0.25) is 9.59 Å². The maximum absolute atomic E-state index is 12.1. The first-order chi connectivity index (χ1) is 10.1. The fourth-order valence-electron chi connectivity index (χ4n) is 2.19. The van der Waals surface area contributed by atoms with Gasteiger partial charge in [0.2, 0.25) is 5.91 Å². The third kappa shape index (κ3) is 4.16. The largest absolute Gasteiger partial charge is 0.355 e. The lowest BCUT2D eigenvalue weighted by Crippen LogP contribution is -2.46.